The Kier molecular flexibility index (Phi) is 6.41. The molecule has 2 aromatic rings. The minimum absolute atomic E-state index is 0.0744. The molecule has 0 saturated heterocycles. The summed E-state index contributed by atoms with van der Waals surface area (Å²) < 4.78 is 0. The summed E-state index contributed by atoms with van der Waals surface area (Å²) in [4.78, 5) is 8.87. The van der Waals surface area contributed by atoms with Crippen LogP contribution in [0.4, 0.5) is 0 Å². The zero-order valence-corrected chi connectivity index (χ0v) is 16.8. The van der Waals surface area contributed by atoms with Gasteiger partial charge >= 0.3 is 0 Å². The van der Waals surface area contributed by atoms with Crippen molar-refractivity contribution in [3.8, 4) is 0 Å². The lowest BCUT2D eigenvalue weighted by molar-refractivity contribution is 0.569. The molecule has 2 aromatic heterocycles. The number of hydrogen-bond acceptors (Lipinski definition) is 4. The molecule has 0 spiro atoms. The van der Waals surface area contributed by atoms with Crippen molar-refractivity contribution in [3.05, 3.63) is 60.2 Å². The van der Waals surface area contributed by atoms with Gasteiger partial charge < -0.3 is 0 Å². The molecular weight excluding hydrogens is 320 g/mol. The summed E-state index contributed by atoms with van der Waals surface area (Å²) in [6.45, 7) is 13.0. The van der Waals surface area contributed by atoms with Crippen LogP contribution in [0.1, 0.15) is 52.9 Å². The van der Waals surface area contributed by atoms with Gasteiger partial charge in [0.1, 0.15) is 0 Å². The van der Waals surface area contributed by atoms with E-state index in [-0.39, 0.29) is 10.8 Å². The first-order chi connectivity index (χ1) is 12.2. The van der Waals surface area contributed by atoms with Crippen LogP contribution in [0.5, 0.6) is 0 Å². The first-order valence-electron chi connectivity index (χ1n) is 9.10. The molecule has 0 atom stereocenters. The van der Waals surface area contributed by atoms with Gasteiger partial charge in [0.2, 0.25) is 0 Å². The maximum atomic E-state index is 4.69. The summed E-state index contributed by atoms with van der Waals surface area (Å²) in [5.74, 6) is 0. The molecule has 0 saturated carbocycles. The van der Waals surface area contributed by atoms with Crippen LogP contribution in [0.2, 0.25) is 0 Å². The van der Waals surface area contributed by atoms with Crippen LogP contribution in [0.25, 0.3) is 0 Å². The van der Waals surface area contributed by atoms with E-state index in [1.54, 1.807) is 0 Å². The minimum atomic E-state index is -0.0744. The van der Waals surface area contributed by atoms with E-state index in [0.29, 0.717) is 12.8 Å². The Bertz CT molecular complexity index is 681. The van der Waals surface area contributed by atoms with Crippen molar-refractivity contribution in [1.29, 1.82) is 0 Å². The Labute approximate surface area is 157 Å². The highest BCUT2D eigenvalue weighted by Gasteiger charge is 2.23. The summed E-state index contributed by atoms with van der Waals surface area (Å²) >= 11 is 0. The molecule has 0 aromatic carbocycles. The zero-order chi connectivity index (χ0) is 19.2. The molecule has 4 heteroatoms. The van der Waals surface area contributed by atoms with E-state index in [2.05, 4.69) is 51.5 Å². The number of rotatable bonds is 5. The standard InChI is InChI=1S/C22H30N4/c1-21(2,3)19(15-17-11-7-9-13-23-17)25-26-20(22(4,5)6)16-18-12-8-10-14-24-18/h7-14H,15-16H2,1-6H3. The molecule has 2 heterocycles. The number of hydrogen-bond donors (Lipinski definition) is 0. The lowest BCUT2D eigenvalue weighted by atomic mass is 9.86. The fraction of sp³-hybridized carbons (Fsp3) is 0.455. The highest BCUT2D eigenvalue weighted by Crippen LogP contribution is 2.22. The molecule has 0 aliphatic heterocycles. The molecule has 0 radical (unpaired) electrons. The largest absolute Gasteiger partial charge is 0.261 e. The van der Waals surface area contributed by atoms with E-state index in [1.165, 1.54) is 0 Å². The Morgan fingerprint density at radius 2 is 1.08 bits per heavy atom. The Balaban J connectivity index is 2.34. The number of nitrogens with zero attached hydrogens (tertiary/aromatic N) is 4. The van der Waals surface area contributed by atoms with Crippen molar-refractivity contribution >= 4 is 11.4 Å². The van der Waals surface area contributed by atoms with Gasteiger partial charge in [-0.2, -0.15) is 10.2 Å². The second kappa shape index (κ2) is 8.35. The van der Waals surface area contributed by atoms with Gasteiger partial charge in [-0.15, -0.1) is 0 Å². The van der Waals surface area contributed by atoms with Crippen LogP contribution in [-0.4, -0.2) is 21.4 Å². The molecule has 26 heavy (non-hydrogen) atoms. The third kappa shape index (κ3) is 6.17. The molecular formula is C22H30N4. The summed E-state index contributed by atoms with van der Waals surface area (Å²) in [6.07, 6.45) is 5.05. The van der Waals surface area contributed by atoms with Crippen LogP contribution < -0.4 is 0 Å². The van der Waals surface area contributed by atoms with Crippen LogP contribution in [0.15, 0.2) is 59.0 Å². The summed E-state index contributed by atoms with van der Waals surface area (Å²) in [7, 11) is 0. The zero-order valence-electron chi connectivity index (χ0n) is 16.8. The fourth-order valence-electron chi connectivity index (χ4n) is 2.37. The minimum Gasteiger partial charge on any atom is -0.261 e. The Hall–Kier alpha value is -2.36. The smallest absolute Gasteiger partial charge is 0.0518 e. The lowest BCUT2D eigenvalue weighted by Crippen LogP contribution is -2.25. The first kappa shape index (κ1) is 20.0. The molecule has 0 N–H and O–H groups in total. The number of pyridine rings is 2. The summed E-state index contributed by atoms with van der Waals surface area (Å²) in [6, 6.07) is 11.9. The van der Waals surface area contributed by atoms with Gasteiger partial charge in [-0.05, 0) is 24.3 Å². The lowest BCUT2D eigenvalue weighted by Gasteiger charge is -2.23. The van der Waals surface area contributed by atoms with Gasteiger partial charge in [-0.1, -0.05) is 53.7 Å². The predicted molar refractivity (Wildman–Crippen MR) is 110 cm³/mol. The molecule has 4 nitrogen and oxygen atoms in total. The molecule has 0 fully saturated rings. The van der Waals surface area contributed by atoms with Crippen molar-refractivity contribution in [1.82, 2.24) is 9.97 Å². The van der Waals surface area contributed by atoms with E-state index in [9.17, 15) is 0 Å². The van der Waals surface area contributed by atoms with E-state index < -0.39 is 0 Å². The van der Waals surface area contributed by atoms with Gasteiger partial charge in [-0.3, -0.25) is 9.97 Å². The quantitative estimate of drug-likeness (QED) is 0.553. The molecule has 138 valence electrons. The third-order valence-electron chi connectivity index (χ3n) is 4.17. The number of aromatic nitrogens is 2. The van der Waals surface area contributed by atoms with Crippen LogP contribution in [-0.2, 0) is 12.8 Å². The fourth-order valence-corrected chi connectivity index (χ4v) is 2.37. The van der Waals surface area contributed by atoms with Gasteiger partial charge in [0.05, 0.1) is 11.4 Å². The highest BCUT2D eigenvalue weighted by atomic mass is 15.2. The maximum absolute atomic E-state index is 4.69. The average molecular weight is 351 g/mol. The molecule has 2 rings (SSSR count). The SMILES string of the molecule is CC(C)(C)C(Cc1ccccn1)=NN=C(Cc1ccccn1)C(C)(C)C. The van der Waals surface area contributed by atoms with Crippen LogP contribution in [0, 0.1) is 10.8 Å². The van der Waals surface area contributed by atoms with Gasteiger partial charge in [0, 0.05) is 47.5 Å². The van der Waals surface area contributed by atoms with Crippen molar-refractivity contribution in [2.45, 2.75) is 54.4 Å². The van der Waals surface area contributed by atoms with Gasteiger partial charge in [0.25, 0.3) is 0 Å². The molecule has 0 bridgehead atoms. The van der Waals surface area contributed by atoms with Gasteiger partial charge in [-0.25, -0.2) is 0 Å². The second-order valence-electron chi connectivity index (χ2n) is 8.59. The Morgan fingerprint density at radius 3 is 1.35 bits per heavy atom. The third-order valence-corrected chi connectivity index (χ3v) is 4.17. The van der Waals surface area contributed by atoms with E-state index >= 15 is 0 Å². The average Bonchev–Trinajstić information content (AvgIpc) is 2.57. The van der Waals surface area contributed by atoms with Crippen molar-refractivity contribution in [2.24, 2.45) is 21.0 Å². The molecule has 0 aliphatic rings. The summed E-state index contributed by atoms with van der Waals surface area (Å²) in [5.41, 5.74) is 3.93. The summed E-state index contributed by atoms with van der Waals surface area (Å²) in [5, 5.41) is 9.38. The first-order valence-corrected chi connectivity index (χ1v) is 9.10. The van der Waals surface area contributed by atoms with Gasteiger partial charge in [0.15, 0.2) is 0 Å². The van der Waals surface area contributed by atoms with Crippen LogP contribution in [0.3, 0.4) is 0 Å². The van der Waals surface area contributed by atoms with Crippen molar-refractivity contribution in [3.63, 3.8) is 0 Å². The topological polar surface area (TPSA) is 50.5 Å². The monoisotopic (exact) mass is 350 g/mol. The van der Waals surface area contributed by atoms with E-state index in [1.807, 2.05) is 48.8 Å². The van der Waals surface area contributed by atoms with Crippen LogP contribution >= 0.6 is 0 Å². The molecule has 0 unspecified atom stereocenters. The molecule has 0 amide bonds. The predicted octanol–water partition coefficient (Wildman–Crippen LogP) is 5.15. The highest BCUT2D eigenvalue weighted by molar-refractivity contribution is 5.94. The second-order valence-corrected chi connectivity index (χ2v) is 8.59. The van der Waals surface area contributed by atoms with E-state index in [0.717, 1.165) is 22.8 Å². The molecule has 0 aliphatic carbocycles. The normalized spacial score (nSPS) is 13.8. The Morgan fingerprint density at radius 1 is 0.692 bits per heavy atom. The van der Waals surface area contributed by atoms with E-state index in [4.69, 9.17) is 10.2 Å². The van der Waals surface area contributed by atoms with Crippen molar-refractivity contribution < 1.29 is 0 Å². The van der Waals surface area contributed by atoms with Crippen molar-refractivity contribution in [2.75, 3.05) is 0 Å². The maximum Gasteiger partial charge on any atom is 0.0518 e.